The lowest BCUT2D eigenvalue weighted by molar-refractivity contribution is 0.887. The second-order valence-corrected chi connectivity index (χ2v) is 4.43. The molecule has 0 aliphatic heterocycles. The van der Waals surface area contributed by atoms with Gasteiger partial charge in [-0.05, 0) is 36.6 Å². The van der Waals surface area contributed by atoms with Crippen LogP contribution in [0, 0.1) is 0 Å². The number of nitrogens with one attached hydrogen (secondary N) is 2. The predicted molar refractivity (Wildman–Crippen MR) is 68.7 cm³/mol. The van der Waals surface area contributed by atoms with Crippen LogP contribution in [-0.4, -0.2) is 25.4 Å². The molecule has 0 spiro atoms. The van der Waals surface area contributed by atoms with Crippen molar-refractivity contribution in [1.29, 1.82) is 0 Å². The van der Waals surface area contributed by atoms with Crippen molar-refractivity contribution in [3.05, 3.63) is 41.5 Å². The van der Waals surface area contributed by atoms with E-state index in [0.717, 1.165) is 41.1 Å². The number of H-pyrrole nitrogens is 2. The number of fused-ring (bicyclic) bond motifs is 2. The summed E-state index contributed by atoms with van der Waals surface area (Å²) in [6.45, 7) is 0. The Labute approximate surface area is 103 Å². The van der Waals surface area contributed by atoms with Crippen LogP contribution in [0.25, 0.3) is 22.7 Å². The molecule has 0 saturated heterocycles. The van der Waals surface area contributed by atoms with Gasteiger partial charge < -0.3 is 4.98 Å². The minimum Gasteiger partial charge on any atom is -0.338 e. The summed E-state index contributed by atoms with van der Waals surface area (Å²) in [5, 5.41) is 10.9. The standard InChI is InChI=1S/C13H11N5/c1-2-4-10-9(3-1)14-13(15-10)8-5-6-11-12(7-8)17-18-16-11/h1-4,7H,5-6H2,(H,14,15)(H,16,17,18). The average molecular weight is 237 g/mol. The van der Waals surface area contributed by atoms with Gasteiger partial charge >= 0.3 is 0 Å². The fourth-order valence-electron chi connectivity index (χ4n) is 2.34. The van der Waals surface area contributed by atoms with E-state index in [-0.39, 0.29) is 0 Å². The minimum atomic E-state index is 0.911. The molecule has 0 unspecified atom stereocenters. The first kappa shape index (κ1) is 9.58. The van der Waals surface area contributed by atoms with Gasteiger partial charge in [0.05, 0.1) is 16.7 Å². The summed E-state index contributed by atoms with van der Waals surface area (Å²) < 4.78 is 0. The molecular formula is C13H11N5. The minimum absolute atomic E-state index is 0.911. The maximum absolute atomic E-state index is 4.61. The third-order valence-corrected chi connectivity index (χ3v) is 3.29. The summed E-state index contributed by atoms with van der Waals surface area (Å²) in [7, 11) is 0. The van der Waals surface area contributed by atoms with E-state index < -0.39 is 0 Å². The van der Waals surface area contributed by atoms with Gasteiger partial charge in [-0.15, -0.1) is 0 Å². The molecule has 0 atom stereocenters. The Balaban J connectivity index is 1.84. The van der Waals surface area contributed by atoms with Crippen molar-refractivity contribution in [2.75, 3.05) is 0 Å². The number of allylic oxidation sites excluding steroid dienone is 1. The van der Waals surface area contributed by atoms with Crippen LogP contribution in [0.4, 0.5) is 0 Å². The average Bonchev–Trinajstić information content (AvgIpc) is 3.04. The summed E-state index contributed by atoms with van der Waals surface area (Å²) >= 11 is 0. The molecule has 1 aliphatic rings. The molecule has 3 aromatic rings. The summed E-state index contributed by atoms with van der Waals surface area (Å²) in [5.41, 5.74) is 5.22. The van der Waals surface area contributed by atoms with Crippen LogP contribution in [0.15, 0.2) is 24.3 Å². The van der Waals surface area contributed by atoms with E-state index in [1.54, 1.807) is 0 Å². The third-order valence-electron chi connectivity index (χ3n) is 3.29. The van der Waals surface area contributed by atoms with Gasteiger partial charge in [-0.1, -0.05) is 12.1 Å². The smallest absolute Gasteiger partial charge is 0.134 e. The Morgan fingerprint density at radius 1 is 1.06 bits per heavy atom. The molecule has 1 aliphatic carbocycles. The molecule has 0 saturated carbocycles. The quantitative estimate of drug-likeness (QED) is 0.681. The van der Waals surface area contributed by atoms with Gasteiger partial charge in [0.15, 0.2) is 0 Å². The van der Waals surface area contributed by atoms with Crippen LogP contribution in [0.2, 0.25) is 0 Å². The third kappa shape index (κ3) is 1.37. The Bertz CT molecular complexity index is 716. The first-order valence-electron chi connectivity index (χ1n) is 5.95. The molecule has 0 bridgehead atoms. The van der Waals surface area contributed by atoms with Gasteiger partial charge in [0.2, 0.25) is 0 Å². The summed E-state index contributed by atoms with van der Waals surface area (Å²) in [6.07, 6.45) is 3.91. The zero-order chi connectivity index (χ0) is 11.9. The number of nitrogens with zero attached hydrogens (tertiary/aromatic N) is 3. The molecule has 88 valence electrons. The number of hydrogen-bond acceptors (Lipinski definition) is 3. The number of aromatic nitrogens is 5. The van der Waals surface area contributed by atoms with E-state index in [1.807, 2.05) is 24.3 Å². The van der Waals surface area contributed by atoms with E-state index >= 15 is 0 Å². The first-order valence-corrected chi connectivity index (χ1v) is 5.95. The number of benzene rings is 1. The summed E-state index contributed by atoms with van der Waals surface area (Å²) in [5.74, 6) is 0.935. The predicted octanol–water partition coefficient (Wildman–Crippen LogP) is 2.17. The van der Waals surface area contributed by atoms with E-state index in [4.69, 9.17) is 0 Å². The highest BCUT2D eigenvalue weighted by Gasteiger charge is 2.17. The molecule has 0 fully saturated rings. The van der Waals surface area contributed by atoms with Crippen molar-refractivity contribution in [3.63, 3.8) is 0 Å². The molecule has 1 aromatic carbocycles. The molecule has 2 N–H and O–H groups in total. The van der Waals surface area contributed by atoms with Gasteiger partial charge in [0.25, 0.3) is 0 Å². The lowest BCUT2D eigenvalue weighted by Crippen LogP contribution is -1.99. The summed E-state index contributed by atoms with van der Waals surface area (Å²) in [4.78, 5) is 7.96. The normalized spacial score (nSPS) is 14.6. The molecule has 0 radical (unpaired) electrons. The highest BCUT2D eigenvalue weighted by atomic mass is 15.3. The van der Waals surface area contributed by atoms with Gasteiger partial charge in [0.1, 0.15) is 11.5 Å². The van der Waals surface area contributed by atoms with E-state index in [9.17, 15) is 0 Å². The Morgan fingerprint density at radius 2 is 2.00 bits per heavy atom. The molecule has 4 rings (SSSR count). The number of aromatic amines is 2. The second kappa shape index (κ2) is 3.53. The SMILES string of the molecule is C1=C(c2nc3ccccc3[nH]2)CCc2n[nH]nc21. The van der Waals surface area contributed by atoms with Crippen molar-refractivity contribution in [2.24, 2.45) is 0 Å². The lowest BCUT2D eigenvalue weighted by atomic mass is 10.00. The van der Waals surface area contributed by atoms with Crippen LogP contribution >= 0.6 is 0 Å². The first-order chi connectivity index (χ1) is 8.90. The second-order valence-electron chi connectivity index (χ2n) is 4.43. The van der Waals surface area contributed by atoms with Crippen LogP contribution < -0.4 is 0 Å². The number of imidazole rings is 1. The van der Waals surface area contributed by atoms with Gasteiger partial charge in [0, 0.05) is 0 Å². The number of para-hydroxylation sites is 2. The Morgan fingerprint density at radius 3 is 2.94 bits per heavy atom. The fourth-order valence-corrected chi connectivity index (χ4v) is 2.34. The van der Waals surface area contributed by atoms with Gasteiger partial charge in [-0.3, -0.25) is 0 Å². The largest absolute Gasteiger partial charge is 0.338 e. The zero-order valence-electron chi connectivity index (χ0n) is 9.64. The van der Waals surface area contributed by atoms with Crippen molar-refractivity contribution >= 4 is 22.7 Å². The molecule has 5 nitrogen and oxygen atoms in total. The maximum atomic E-state index is 4.61. The van der Waals surface area contributed by atoms with Crippen molar-refractivity contribution in [1.82, 2.24) is 25.4 Å². The van der Waals surface area contributed by atoms with E-state index in [0.29, 0.717) is 0 Å². The van der Waals surface area contributed by atoms with Crippen LogP contribution in [0.3, 0.4) is 0 Å². The Kier molecular flexibility index (Phi) is 1.88. The Hall–Kier alpha value is -2.43. The molecular weight excluding hydrogens is 226 g/mol. The maximum Gasteiger partial charge on any atom is 0.134 e. The molecule has 0 amide bonds. The van der Waals surface area contributed by atoms with Gasteiger partial charge in [-0.25, -0.2) is 4.98 Å². The molecule has 2 aromatic heterocycles. The topological polar surface area (TPSA) is 70.2 Å². The molecule has 5 heteroatoms. The van der Waals surface area contributed by atoms with Gasteiger partial charge in [-0.2, -0.15) is 15.4 Å². The van der Waals surface area contributed by atoms with E-state index in [2.05, 4.69) is 31.5 Å². The molecule has 2 heterocycles. The highest BCUT2D eigenvalue weighted by molar-refractivity contribution is 5.85. The zero-order valence-corrected chi connectivity index (χ0v) is 9.64. The highest BCUT2D eigenvalue weighted by Crippen LogP contribution is 2.27. The number of rotatable bonds is 1. The van der Waals surface area contributed by atoms with Crippen molar-refractivity contribution in [3.8, 4) is 0 Å². The number of aryl methyl sites for hydroxylation is 1. The fraction of sp³-hybridized carbons (Fsp3) is 0.154. The van der Waals surface area contributed by atoms with Crippen LogP contribution in [0.5, 0.6) is 0 Å². The van der Waals surface area contributed by atoms with Crippen LogP contribution in [-0.2, 0) is 6.42 Å². The molecule has 18 heavy (non-hydrogen) atoms. The lowest BCUT2D eigenvalue weighted by Gasteiger charge is -2.08. The number of hydrogen-bond donors (Lipinski definition) is 2. The van der Waals surface area contributed by atoms with Crippen molar-refractivity contribution in [2.45, 2.75) is 12.8 Å². The van der Waals surface area contributed by atoms with Crippen LogP contribution in [0.1, 0.15) is 23.6 Å². The summed E-state index contributed by atoms with van der Waals surface area (Å²) in [6, 6.07) is 8.06. The monoisotopic (exact) mass is 237 g/mol. The van der Waals surface area contributed by atoms with Crippen molar-refractivity contribution < 1.29 is 0 Å². The van der Waals surface area contributed by atoms with E-state index in [1.165, 1.54) is 5.57 Å².